The Balaban J connectivity index is 2.23. The van der Waals surface area contributed by atoms with Crippen LogP contribution in [0.25, 0.3) is 0 Å². The molecule has 2 heterocycles. The zero-order valence-electron chi connectivity index (χ0n) is 10.0. The van der Waals surface area contributed by atoms with Gasteiger partial charge in [0.15, 0.2) is 5.78 Å². The van der Waals surface area contributed by atoms with Crippen LogP contribution in [0.1, 0.15) is 13.3 Å². The van der Waals surface area contributed by atoms with E-state index < -0.39 is 8.07 Å². The highest BCUT2D eigenvalue weighted by atomic mass is 28.3. The molecule has 0 saturated carbocycles. The van der Waals surface area contributed by atoms with Gasteiger partial charge in [-0.05, 0) is 18.0 Å². The number of carbonyl (C=O) groups excluding carboxylic acids is 1. The molecule has 3 atom stereocenters. The Morgan fingerprint density at radius 2 is 2.20 bits per heavy atom. The summed E-state index contributed by atoms with van der Waals surface area (Å²) in [5.74, 6) is 0.592. The molecule has 0 N–H and O–H groups in total. The van der Waals surface area contributed by atoms with E-state index in [1.54, 1.807) is 0 Å². The summed E-state index contributed by atoms with van der Waals surface area (Å²) < 4.78 is 5.96. The van der Waals surface area contributed by atoms with Crippen LogP contribution in [-0.4, -0.2) is 25.6 Å². The summed E-state index contributed by atoms with van der Waals surface area (Å²) in [6.45, 7) is 9.21. The van der Waals surface area contributed by atoms with Crippen LogP contribution in [-0.2, 0) is 9.53 Å². The monoisotopic (exact) mass is 224 g/mol. The number of fused-ring (bicyclic) bond motifs is 2. The third-order valence-electron chi connectivity index (χ3n) is 3.37. The molecule has 2 nitrogen and oxygen atoms in total. The molecular weight excluding hydrogens is 204 g/mol. The molecule has 2 bridgehead atoms. The van der Waals surface area contributed by atoms with Gasteiger partial charge in [-0.15, -0.1) is 0 Å². The lowest BCUT2D eigenvalue weighted by atomic mass is 9.86. The number of hydrogen-bond acceptors (Lipinski definition) is 2. The van der Waals surface area contributed by atoms with Gasteiger partial charge < -0.3 is 4.74 Å². The van der Waals surface area contributed by atoms with Crippen molar-refractivity contribution in [3.8, 4) is 0 Å². The summed E-state index contributed by atoms with van der Waals surface area (Å²) in [7, 11) is -1.16. The van der Waals surface area contributed by atoms with Gasteiger partial charge in [0.05, 0.1) is 5.60 Å². The average Bonchev–Trinajstić information content (AvgIpc) is 2.41. The smallest absolute Gasteiger partial charge is 0.165 e. The zero-order valence-corrected chi connectivity index (χ0v) is 11.0. The quantitative estimate of drug-likeness (QED) is 0.532. The topological polar surface area (TPSA) is 26.3 Å². The molecule has 0 spiro atoms. The molecule has 0 aromatic heterocycles. The molecule has 0 aromatic carbocycles. The molecule has 84 valence electrons. The van der Waals surface area contributed by atoms with Crippen LogP contribution >= 0.6 is 0 Å². The second kappa shape index (κ2) is 3.29. The highest BCUT2D eigenvalue weighted by molar-refractivity contribution is 6.76. The van der Waals surface area contributed by atoms with E-state index in [0.717, 1.165) is 6.04 Å². The standard InChI is InChI=1S/C12H20O2Si/c1-9-7-10(13)11-5-6-12(9,14-11)8-15(2,3)4/h5-6,9,11H,7-8H2,1-4H3. The van der Waals surface area contributed by atoms with Gasteiger partial charge in [0, 0.05) is 14.5 Å². The molecule has 0 aromatic rings. The van der Waals surface area contributed by atoms with Crippen molar-refractivity contribution < 1.29 is 9.53 Å². The summed E-state index contributed by atoms with van der Waals surface area (Å²) in [4.78, 5) is 11.6. The summed E-state index contributed by atoms with van der Waals surface area (Å²) >= 11 is 0. The SMILES string of the molecule is CC1CC(=O)C2C=CC1(C[Si](C)(C)C)O2. The normalized spacial score (nSPS) is 39.9. The van der Waals surface area contributed by atoms with Gasteiger partial charge in [-0.3, -0.25) is 4.79 Å². The highest BCUT2D eigenvalue weighted by Gasteiger charge is 2.49. The minimum Gasteiger partial charge on any atom is -0.356 e. The van der Waals surface area contributed by atoms with Gasteiger partial charge in [-0.1, -0.05) is 32.6 Å². The molecule has 3 unspecified atom stereocenters. The van der Waals surface area contributed by atoms with E-state index in [1.807, 2.05) is 6.08 Å². The molecule has 3 heteroatoms. The minimum absolute atomic E-state index is 0.122. The molecule has 0 amide bonds. The lowest BCUT2D eigenvalue weighted by Crippen LogP contribution is -2.48. The molecule has 0 radical (unpaired) electrons. The van der Waals surface area contributed by atoms with Crippen molar-refractivity contribution in [3.63, 3.8) is 0 Å². The fourth-order valence-electron chi connectivity index (χ4n) is 2.71. The van der Waals surface area contributed by atoms with Crippen LogP contribution in [0.5, 0.6) is 0 Å². The molecule has 15 heavy (non-hydrogen) atoms. The summed E-state index contributed by atoms with van der Waals surface area (Å²) in [6.07, 6.45) is 4.57. The van der Waals surface area contributed by atoms with Crippen molar-refractivity contribution in [1.82, 2.24) is 0 Å². The first kappa shape index (κ1) is 11.1. The Kier molecular flexibility index (Phi) is 2.43. The lowest BCUT2D eigenvalue weighted by molar-refractivity contribution is -0.147. The second-order valence-corrected chi connectivity index (χ2v) is 11.6. The van der Waals surface area contributed by atoms with Crippen LogP contribution in [0.2, 0.25) is 25.7 Å². The molecule has 2 aliphatic heterocycles. The van der Waals surface area contributed by atoms with E-state index in [0.29, 0.717) is 12.3 Å². The maximum Gasteiger partial charge on any atom is 0.165 e. The van der Waals surface area contributed by atoms with Crippen LogP contribution < -0.4 is 0 Å². The van der Waals surface area contributed by atoms with Gasteiger partial charge in [0.25, 0.3) is 0 Å². The maximum atomic E-state index is 11.6. The first-order valence-corrected chi connectivity index (χ1v) is 9.43. The fourth-order valence-corrected chi connectivity index (χ4v) is 4.92. The second-order valence-electron chi connectivity index (χ2n) is 6.16. The van der Waals surface area contributed by atoms with Crippen molar-refractivity contribution >= 4 is 13.9 Å². The number of rotatable bonds is 2. The van der Waals surface area contributed by atoms with E-state index in [9.17, 15) is 4.79 Å². The van der Waals surface area contributed by atoms with Gasteiger partial charge >= 0.3 is 0 Å². The Hall–Kier alpha value is -0.413. The number of carbonyl (C=O) groups is 1. The third kappa shape index (κ3) is 1.95. The Morgan fingerprint density at radius 1 is 1.53 bits per heavy atom. The first-order valence-electron chi connectivity index (χ1n) is 5.72. The Labute approximate surface area is 92.7 Å². The largest absolute Gasteiger partial charge is 0.356 e. The van der Waals surface area contributed by atoms with Crippen LogP contribution in [0.4, 0.5) is 0 Å². The van der Waals surface area contributed by atoms with Gasteiger partial charge in [-0.25, -0.2) is 0 Å². The van der Waals surface area contributed by atoms with E-state index in [2.05, 4.69) is 32.6 Å². The van der Waals surface area contributed by atoms with E-state index in [4.69, 9.17) is 4.74 Å². The Bertz CT molecular complexity index is 316. The van der Waals surface area contributed by atoms with E-state index >= 15 is 0 Å². The summed E-state index contributed by atoms with van der Waals surface area (Å²) in [5, 5.41) is 0. The molecule has 0 aliphatic carbocycles. The Morgan fingerprint density at radius 3 is 2.80 bits per heavy atom. The van der Waals surface area contributed by atoms with Crippen LogP contribution in [0.15, 0.2) is 12.2 Å². The van der Waals surface area contributed by atoms with Crippen LogP contribution in [0.3, 0.4) is 0 Å². The molecule has 2 aliphatic rings. The van der Waals surface area contributed by atoms with Crippen molar-refractivity contribution in [1.29, 1.82) is 0 Å². The average molecular weight is 224 g/mol. The van der Waals surface area contributed by atoms with Crippen molar-refractivity contribution in [2.75, 3.05) is 0 Å². The number of ether oxygens (including phenoxy) is 1. The van der Waals surface area contributed by atoms with Crippen LogP contribution in [0, 0.1) is 5.92 Å². The van der Waals surface area contributed by atoms with Crippen molar-refractivity contribution in [3.05, 3.63) is 12.2 Å². The zero-order chi connectivity index (χ0) is 11.3. The van der Waals surface area contributed by atoms with E-state index in [-0.39, 0.29) is 17.5 Å². The fraction of sp³-hybridized carbons (Fsp3) is 0.750. The lowest BCUT2D eigenvalue weighted by Gasteiger charge is -2.41. The minimum atomic E-state index is -1.16. The number of hydrogen-bond donors (Lipinski definition) is 0. The van der Waals surface area contributed by atoms with Crippen molar-refractivity contribution in [2.24, 2.45) is 5.92 Å². The van der Waals surface area contributed by atoms with Gasteiger partial charge in [0.2, 0.25) is 0 Å². The first-order chi connectivity index (χ1) is 6.82. The molecular formula is C12H20O2Si. The number of Topliss-reactive ketones (excluding diaryl/α,β-unsaturated/α-hetero) is 1. The molecule has 1 saturated heterocycles. The van der Waals surface area contributed by atoms with Gasteiger partial charge in [-0.2, -0.15) is 0 Å². The predicted molar refractivity (Wildman–Crippen MR) is 63.7 cm³/mol. The predicted octanol–water partition coefficient (Wildman–Crippen LogP) is 2.63. The third-order valence-corrected chi connectivity index (χ3v) is 4.98. The van der Waals surface area contributed by atoms with Crippen molar-refractivity contribution in [2.45, 2.75) is 50.7 Å². The summed E-state index contributed by atoms with van der Waals surface area (Å²) in [6, 6.07) is 1.13. The summed E-state index contributed by atoms with van der Waals surface area (Å²) in [5.41, 5.74) is -0.122. The van der Waals surface area contributed by atoms with Gasteiger partial charge in [0.1, 0.15) is 6.10 Å². The number of ketones is 1. The molecule has 1 fully saturated rings. The highest BCUT2D eigenvalue weighted by Crippen LogP contribution is 2.43. The maximum absolute atomic E-state index is 11.6. The van der Waals surface area contributed by atoms with E-state index in [1.165, 1.54) is 0 Å². The molecule has 2 rings (SSSR count).